The van der Waals surface area contributed by atoms with E-state index in [0.29, 0.717) is 6.61 Å². The molecule has 90 valence electrons. The molecule has 2 rings (SSSR count). The Bertz CT molecular complexity index is 325. The summed E-state index contributed by atoms with van der Waals surface area (Å²) in [6.07, 6.45) is -0.797. The fourth-order valence-electron chi connectivity index (χ4n) is 1.78. The molecule has 16 heavy (non-hydrogen) atoms. The number of hydrogen-bond acceptors (Lipinski definition) is 6. The van der Waals surface area contributed by atoms with Crippen LogP contribution in [0.2, 0.25) is 0 Å². The third-order valence-corrected chi connectivity index (χ3v) is 2.34. The molecule has 1 fully saturated rings. The van der Waals surface area contributed by atoms with Crippen LogP contribution in [-0.4, -0.2) is 42.9 Å². The molecule has 0 unspecified atom stereocenters. The Kier molecular flexibility index (Phi) is 2.86. The van der Waals surface area contributed by atoms with E-state index in [1.807, 2.05) is 0 Å². The molecule has 0 N–H and O–H groups in total. The van der Waals surface area contributed by atoms with Crippen LogP contribution in [0.5, 0.6) is 0 Å². The zero-order valence-corrected chi connectivity index (χ0v) is 9.56. The van der Waals surface area contributed by atoms with Gasteiger partial charge in [-0.1, -0.05) is 5.16 Å². The van der Waals surface area contributed by atoms with Gasteiger partial charge in [-0.25, -0.2) is 4.79 Å². The summed E-state index contributed by atoms with van der Waals surface area (Å²) in [5, 5.41) is 3.69. The van der Waals surface area contributed by atoms with E-state index < -0.39 is 17.9 Å². The molecular weight excluding hydrogens is 214 g/mol. The Hall–Kier alpha value is -1.14. The lowest BCUT2D eigenvalue weighted by molar-refractivity contribution is -0.146. The van der Waals surface area contributed by atoms with Gasteiger partial charge in [-0.3, -0.25) is 0 Å². The van der Waals surface area contributed by atoms with Crippen LogP contribution in [0.1, 0.15) is 20.8 Å². The van der Waals surface area contributed by atoms with Crippen molar-refractivity contribution in [3.63, 3.8) is 0 Å². The molecule has 0 saturated carbocycles. The predicted octanol–water partition coefficient (Wildman–Crippen LogP) is 0.456. The van der Waals surface area contributed by atoms with Gasteiger partial charge < -0.3 is 19.0 Å². The number of oxime groups is 1. The lowest BCUT2D eigenvalue weighted by atomic mass is 10.1. The van der Waals surface area contributed by atoms with Gasteiger partial charge in [0.15, 0.2) is 11.5 Å². The summed E-state index contributed by atoms with van der Waals surface area (Å²) >= 11 is 0. The van der Waals surface area contributed by atoms with Crippen molar-refractivity contribution >= 4 is 11.7 Å². The van der Waals surface area contributed by atoms with Crippen molar-refractivity contribution in [1.82, 2.24) is 0 Å². The van der Waals surface area contributed by atoms with Crippen LogP contribution in [0.25, 0.3) is 0 Å². The first-order chi connectivity index (χ1) is 7.53. The number of nitrogens with zero attached hydrogens (tertiary/aromatic N) is 1. The number of fused-ring (bicyclic) bond motifs is 1. The van der Waals surface area contributed by atoms with Crippen molar-refractivity contribution in [3.8, 4) is 0 Å². The van der Waals surface area contributed by atoms with Crippen molar-refractivity contribution in [2.24, 2.45) is 5.16 Å². The molecule has 0 aromatic rings. The highest BCUT2D eigenvalue weighted by molar-refractivity contribution is 6.38. The van der Waals surface area contributed by atoms with Crippen LogP contribution in [-0.2, 0) is 23.8 Å². The standard InChI is InChI=1S/C10H15NO5/c1-4-13-9(12)7-8-6(5-14-11-7)15-10(2,3)16-8/h6,8H,4-5H2,1-3H3/t6-,8-/m0/s1. The number of carbonyl (C=O) groups is 1. The molecule has 0 radical (unpaired) electrons. The summed E-state index contributed by atoms with van der Waals surface area (Å²) in [4.78, 5) is 16.5. The first kappa shape index (κ1) is 11.3. The monoisotopic (exact) mass is 229 g/mol. The maximum absolute atomic E-state index is 11.6. The Morgan fingerprint density at radius 3 is 3.00 bits per heavy atom. The first-order valence-electron chi connectivity index (χ1n) is 5.26. The molecule has 6 heteroatoms. The van der Waals surface area contributed by atoms with Gasteiger partial charge in [0.05, 0.1) is 6.61 Å². The second-order valence-corrected chi connectivity index (χ2v) is 4.09. The lowest BCUT2D eigenvalue weighted by Crippen LogP contribution is -2.42. The summed E-state index contributed by atoms with van der Waals surface area (Å²) in [7, 11) is 0. The van der Waals surface area contributed by atoms with Crippen LogP contribution in [0.4, 0.5) is 0 Å². The van der Waals surface area contributed by atoms with Gasteiger partial charge in [0.2, 0.25) is 0 Å². The Morgan fingerprint density at radius 2 is 2.31 bits per heavy atom. The molecule has 0 aliphatic carbocycles. The fourth-order valence-corrected chi connectivity index (χ4v) is 1.78. The molecule has 2 atom stereocenters. The first-order valence-corrected chi connectivity index (χ1v) is 5.26. The zero-order valence-electron chi connectivity index (χ0n) is 9.56. The van der Waals surface area contributed by atoms with E-state index in [1.165, 1.54) is 0 Å². The molecule has 0 bridgehead atoms. The minimum absolute atomic E-state index is 0.142. The minimum atomic E-state index is -0.726. The molecule has 2 aliphatic rings. The highest BCUT2D eigenvalue weighted by Gasteiger charge is 2.48. The van der Waals surface area contributed by atoms with Gasteiger partial charge in [0, 0.05) is 0 Å². The van der Waals surface area contributed by atoms with E-state index in [4.69, 9.17) is 19.0 Å². The molecule has 2 aliphatic heterocycles. The van der Waals surface area contributed by atoms with Crippen LogP contribution in [0.3, 0.4) is 0 Å². The van der Waals surface area contributed by atoms with E-state index in [-0.39, 0.29) is 18.4 Å². The average Bonchev–Trinajstić information content (AvgIpc) is 2.51. The number of carbonyl (C=O) groups excluding carboxylic acids is 1. The van der Waals surface area contributed by atoms with Crippen LogP contribution in [0, 0.1) is 0 Å². The van der Waals surface area contributed by atoms with Crippen LogP contribution < -0.4 is 0 Å². The summed E-state index contributed by atoms with van der Waals surface area (Å²) in [5.74, 6) is -1.24. The third-order valence-electron chi connectivity index (χ3n) is 2.34. The second kappa shape index (κ2) is 4.03. The number of ether oxygens (including phenoxy) is 3. The lowest BCUT2D eigenvalue weighted by Gasteiger charge is -2.20. The van der Waals surface area contributed by atoms with E-state index in [1.54, 1.807) is 20.8 Å². The van der Waals surface area contributed by atoms with Gasteiger partial charge in [-0.05, 0) is 20.8 Å². The van der Waals surface area contributed by atoms with Gasteiger partial charge in [0.25, 0.3) is 0 Å². The molecule has 0 spiro atoms. The molecule has 0 aromatic carbocycles. The number of esters is 1. The SMILES string of the molecule is CCOC(=O)C1=NOC[C@@H]2OC(C)(C)O[C@H]12. The van der Waals surface area contributed by atoms with Crippen molar-refractivity contribution in [1.29, 1.82) is 0 Å². The van der Waals surface area contributed by atoms with Crippen molar-refractivity contribution in [2.45, 2.75) is 38.8 Å². The Balaban J connectivity index is 2.14. The van der Waals surface area contributed by atoms with Crippen LogP contribution in [0.15, 0.2) is 5.16 Å². The predicted molar refractivity (Wildman–Crippen MR) is 53.8 cm³/mol. The average molecular weight is 229 g/mol. The molecule has 6 nitrogen and oxygen atoms in total. The van der Waals surface area contributed by atoms with Gasteiger partial charge in [-0.15, -0.1) is 0 Å². The van der Waals surface area contributed by atoms with E-state index >= 15 is 0 Å². The van der Waals surface area contributed by atoms with Gasteiger partial charge >= 0.3 is 5.97 Å². The largest absolute Gasteiger partial charge is 0.461 e. The minimum Gasteiger partial charge on any atom is -0.461 e. The van der Waals surface area contributed by atoms with Gasteiger partial charge in [0.1, 0.15) is 18.8 Å². The second-order valence-electron chi connectivity index (χ2n) is 4.09. The molecule has 0 amide bonds. The van der Waals surface area contributed by atoms with E-state index in [0.717, 1.165) is 0 Å². The maximum atomic E-state index is 11.6. The van der Waals surface area contributed by atoms with Crippen molar-refractivity contribution in [2.75, 3.05) is 13.2 Å². The summed E-state index contributed by atoms with van der Waals surface area (Å²) in [6.45, 7) is 5.88. The zero-order chi connectivity index (χ0) is 11.8. The maximum Gasteiger partial charge on any atom is 0.358 e. The molecular formula is C10H15NO5. The molecule has 1 saturated heterocycles. The van der Waals surface area contributed by atoms with Crippen LogP contribution >= 0.6 is 0 Å². The summed E-state index contributed by atoms with van der Waals surface area (Å²) < 4.78 is 16.0. The Morgan fingerprint density at radius 1 is 1.56 bits per heavy atom. The van der Waals surface area contributed by atoms with E-state index in [9.17, 15) is 4.79 Å². The van der Waals surface area contributed by atoms with Crippen molar-refractivity contribution in [3.05, 3.63) is 0 Å². The highest BCUT2D eigenvalue weighted by Crippen LogP contribution is 2.31. The smallest absolute Gasteiger partial charge is 0.358 e. The summed E-state index contributed by atoms with van der Waals surface area (Å²) in [6, 6.07) is 0. The topological polar surface area (TPSA) is 66.4 Å². The van der Waals surface area contributed by atoms with Gasteiger partial charge in [-0.2, -0.15) is 0 Å². The number of hydrogen-bond donors (Lipinski definition) is 0. The molecule has 2 heterocycles. The quantitative estimate of drug-likeness (QED) is 0.643. The van der Waals surface area contributed by atoms with E-state index in [2.05, 4.69) is 5.16 Å². The highest BCUT2D eigenvalue weighted by atomic mass is 16.8. The molecule has 0 aromatic heterocycles. The number of rotatable bonds is 2. The Labute approximate surface area is 93.5 Å². The summed E-state index contributed by atoms with van der Waals surface area (Å²) in [5.41, 5.74) is 0.142. The normalized spacial score (nSPS) is 31.3. The fraction of sp³-hybridized carbons (Fsp3) is 0.800. The third kappa shape index (κ3) is 2.03. The van der Waals surface area contributed by atoms with Crippen molar-refractivity contribution < 1.29 is 23.8 Å².